The molecule has 0 aliphatic carbocycles. The van der Waals surface area contributed by atoms with Crippen LogP contribution in [-0.2, 0) is 11.8 Å². The van der Waals surface area contributed by atoms with Gasteiger partial charge in [-0.25, -0.2) is 0 Å². The molecule has 2 aliphatic heterocycles. The van der Waals surface area contributed by atoms with Crippen molar-refractivity contribution >= 4 is 0 Å². The third-order valence-corrected chi connectivity index (χ3v) is 9.40. The van der Waals surface area contributed by atoms with E-state index in [-0.39, 0.29) is 36.0 Å². The van der Waals surface area contributed by atoms with Gasteiger partial charge in [-0.15, -0.1) is 0 Å². The molecule has 0 bridgehead atoms. The van der Waals surface area contributed by atoms with Crippen molar-refractivity contribution in [2.75, 3.05) is 39.3 Å². The number of hydrogen-bond acceptors (Lipinski definition) is 5. The number of phenolic OH excluding ortho intramolecular Hbond substituents is 2. The van der Waals surface area contributed by atoms with E-state index in [1.54, 1.807) is 24.3 Å². The van der Waals surface area contributed by atoms with Crippen LogP contribution in [0.3, 0.4) is 0 Å². The van der Waals surface area contributed by atoms with Crippen molar-refractivity contribution in [1.82, 2.24) is 9.80 Å². The Bertz CT molecular complexity index is 1170. The van der Waals surface area contributed by atoms with Gasteiger partial charge in [0.2, 0.25) is 0 Å². The van der Waals surface area contributed by atoms with E-state index in [0.717, 1.165) is 81.5 Å². The molecule has 2 aromatic carbocycles. The van der Waals surface area contributed by atoms with Gasteiger partial charge in [0.1, 0.15) is 23.4 Å². The molecule has 1 fully saturated rings. The van der Waals surface area contributed by atoms with Crippen LogP contribution in [0.1, 0.15) is 82.3 Å². The van der Waals surface area contributed by atoms with Gasteiger partial charge in [-0.1, -0.05) is 57.2 Å². The Kier molecular flexibility index (Phi) is 11.8. The predicted octanol–water partition coefficient (Wildman–Crippen LogP) is 8.08. The second-order valence-corrected chi connectivity index (χ2v) is 12.8. The fourth-order valence-electron chi connectivity index (χ4n) is 6.55. The van der Waals surface area contributed by atoms with Crippen LogP contribution in [0.2, 0.25) is 0 Å². The maximum atomic E-state index is 13.1. The summed E-state index contributed by atoms with van der Waals surface area (Å²) < 4.78 is 69.6. The molecule has 0 radical (unpaired) electrons. The SMILES string of the molecule is CC1(c2ccc(O)cc2)Cc2ccc(O)cc2OC1CCCCCCCCCN1CCN(CCCC(F)(F)C(F)(F)F)CC1. The van der Waals surface area contributed by atoms with Gasteiger partial charge in [0, 0.05) is 44.1 Å². The van der Waals surface area contributed by atoms with Crippen LogP contribution in [0, 0.1) is 0 Å². The average molecular weight is 627 g/mol. The molecule has 1 saturated heterocycles. The Morgan fingerprint density at radius 3 is 1.91 bits per heavy atom. The summed E-state index contributed by atoms with van der Waals surface area (Å²) in [5, 5.41) is 19.8. The van der Waals surface area contributed by atoms with Crippen LogP contribution in [0.25, 0.3) is 0 Å². The maximum absolute atomic E-state index is 13.1. The molecular weight excluding hydrogens is 579 g/mol. The lowest BCUT2D eigenvalue weighted by atomic mass is 9.70. The van der Waals surface area contributed by atoms with Crippen LogP contribution in [-0.4, -0.2) is 77.5 Å². The van der Waals surface area contributed by atoms with E-state index in [2.05, 4.69) is 11.8 Å². The van der Waals surface area contributed by atoms with Gasteiger partial charge >= 0.3 is 12.1 Å². The molecule has 0 spiro atoms. The molecule has 2 aliphatic rings. The summed E-state index contributed by atoms with van der Waals surface area (Å²) in [5.74, 6) is -3.41. The van der Waals surface area contributed by atoms with E-state index < -0.39 is 18.5 Å². The largest absolute Gasteiger partial charge is 0.508 e. The first-order valence-electron chi connectivity index (χ1n) is 16.0. The Morgan fingerprint density at radius 1 is 0.750 bits per heavy atom. The number of alkyl halides is 5. The highest BCUT2D eigenvalue weighted by Gasteiger charge is 2.56. The highest BCUT2D eigenvalue weighted by molar-refractivity contribution is 5.46. The molecule has 2 aromatic rings. The highest BCUT2D eigenvalue weighted by atomic mass is 19.4. The van der Waals surface area contributed by atoms with Gasteiger partial charge in [0.25, 0.3) is 0 Å². The summed E-state index contributed by atoms with van der Waals surface area (Å²) in [7, 11) is 0. The van der Waals surface area contributed by atoms with Crippen molar-refractivity contribution in [2.45, 2.75) is 101 Å². The van der Waals surface area contributed by atoms with Crippen LogP contribution < -0.4 is 4.74 Å². The molecule has 2 heterocycles. The molecule has 2 N–H and O–H groups in total. The first-order chi connectivity index (χ1) is 20.9. The number of unbranched alkanes of at least 4 members (excludes halogenated alkanes) is 6. The van der Waals surface area contributed by atoms with Gasteiger partial charge in [-0.05, 0) is 74.5 Å². The van der Waals surface area contributed by atoms with Crippen molar-refractivity contribution in [1.29, 1.82) is 0 Å². The smallest absolute Gasteiger partial charge is 0.453 e. The molecule has 0 amide bonds. The number of phenols is 2. The number of halogens is 5. The summed E-state index contributed by atoms with van der Waals surface area (Å²) in [5.41, 5.74) is 1.96. The van der Waals surface area contributed by atoms with Gasteiger partial charge in [-0.3, -0.25) is 0 Å². The molecule has 44 heavy (non-hydrogen) atoms. The van der Waals surface area contributed by atoms with Crippen LogP contribution in [0.4, 0.5) is 22.0 Å². The molecule has 2 atom stereocenters. The van der Waals surface area contributed by atoms with E-state index in [4.69, 9.17) is 4.74 Å². The highest BCUT2D eigenvalue weighted by Crippen LogP contribution is 2.44. The van der Waals surface area contributed by atoms with Gasteiger partial charge in [0.05, 0.1) is 0 Å². The summed E-state index contributed by atoms with van der Waals surface area (Å²) in [4.78, 5) is 4.34. The molecule has 4 rings (SSSR count). The number of benzene rings is 2. The Labute approximate surface area is 258 Å². The van der Waals surface area contributed by atoms with Crippen LogP contribution in [0.15, 0.2) is 42.5 Å². The van der Waals surface area contributed by atoms with Crippen molar-refractivity contribution in [3.63, 3.8) is 0 Å². The second kappa shape index (κ2) is 15.1. The third kappa shape index (κ3) is 9.22. The molecule has 246 valence electrons. The van der Waals surface area contributed by atoms with Gasteiger partial charge in [0.15, 0.2) is 0 Å². The number of hydrogen-bond donors (Lipinski definition) is 2. The minimum Gasteiger partial charge on any atom is -0.508 e. The lowest BCUT2D eigenvalue weighted by Crippen LogP contribution is -2.47. The fourth-order valence-corrected chi connectivity index (χ4v) is 6.55. The zero-order valence-corrected chi connectivity index (χ0v) is 25.7. The van der Waals surface area contributed by atoms with Gasteiger partial charge < -0.3 is 24.7 Å². The molecule has 0 aromatic heterocycles. The maximum Gasteiger partial charge on any atom is 0.453 e. The topological polar surface area (TPSA) is 56.2 Å². The minimum atomic E-state index is -5.47. The van der Waals surface area contributed by atoms with Crippen LogP contribution in [0.5, 0.6) is 17.2 Å². The van der Waals surface area contributed by atoms with Crippen molar-refractivity contribution in [3.05, 3.63) is 53.6 Å². The lowest BCUT2D eigenvalue weighted by molar-refractivity contribution is -0.284. The number of fused-ring (bicyclic) bond motifs is 1. The Morgan fingerprint density at radius 2 is 1.30 bits per heavy atom. The fraction of sp³-hybridized carbons (Fsp3) is 0.647. The first-order valence-corrected chi connectivity index (χ1v) is 16.0. The number of aromatic hydroxyl groups is 2. The van der Waals surface area contributed by atoms with Crippen molar-refractivity contribution < 1.29 is 36.9 Å². The zero-order chi connectivity index (χ0) is 31.8. The summed E-state index contributed by atoms with van der Waals surface area (Å²) in [6.45, 7) is 6.56. The number of ether oxygens (including phenoxy) is 1. The number of piperazine rings is 1. The summed E-state index contributed by atoms with van der Waals surface area (Å²) >= 11 is 0. The molecule has 0 saturated carbocycles. The Hall–Kier alpha value is -2.59. The van der Waals surface area contributed by atoms with Crippen molar-refractivity contribution in [2.24, 2.45) is 0 Å². The zero-order valence-electron chi connectivity index (χ0n) is 25.7. The van der Waals surface area contributed by atoms with E-state index in [9.17, 15) is 32.2 Å². The summed E-state index contributed by atoms with van der Waals surface area (Å²) in [6, 6.07) is 12.7. The van der Waals surface area contributed by atoms with Crippen molar-refractivity contribution in [3.8, 4) is 17.2 Å². The van der Waals surface area contributed by atoms with E-state index in [1.165, 1.54) is 12.8 Å². The number of nitrogens with zero attached hydrogens (tertiary/aromatic N) is 2. The lowest BCUT2D eigenvalue weighted by Gasteiger charge is -2.43. The quantitative estimate of drug-likeness (QED) is 0.155. The monoisotopic (exact) mass is 626 g/mol. The van der Waals surface area contributed by atoms with E-state index in [0.29, 0.717) is 13.1 Å². The number of rotatable bonds is 15. The normalized spacial score (nSPS) is 21.6. The summed E-state index contributed by atoms with van der Waals surface area (Å²) in [6.07, 6.45) is 2.82. The van der Waals surface area contributed by atoms with E-state index >= 15 is 0 Å². The first kappa shape index (κ1) is 34.3. The predicted molar refractivity (Wildman–Crippen MR) is 162 cm³/mol. The molecule has 10 heteroatoms. The average Bonchev–Trinajstić information content (AvgIpc) is 2.97. The molecule has 2 unspecified atom stereocenters. The second-order valence-electron chi connectivity index (χ2n) is 12.8. The minimum absolute atomic E-state index is 0.0392. The standard InChI is InChI=1S/C34H47F5N2O3/c1-32(27-12-15-28(42)16-13-27)25-26-11-14-29(43)24-30(26)44-31(32)10-7-5-3-2-4-6-8-18-40-20-22-41(23-21-40)19-9-17-33(35,36)34(37,38)39/h11-16,24,31,42-43H,2-10,17-23,25H2,1H3. The van der Waals surface area contributed by atoms with E-state index in [1.807, 2.05) is 23.1 Å². The molecular formula is C34H47F5N2O3. The molecule has 5 nitrogen and oxygen atoms in total. The third-order valence-electron chi connectivity index (χ3n) is 9.40. The van der Waals surface area contributed by atoms with Crippen LogP contribution >= 0.6 is 0 Å². The van der Waals surface area contributed by atoms with Gasteiger partial charge in [-0.2, -0.15) is 22.0 Å². The Balaban J connectivity index is 1.09.